The zero-order valence-corrected chi connectivity index (χ0v) is 18.3. The molecule has 0 aromatic rings. The molecule has 0 spiro atoms. The zero-order valence-electron chi connectivity index (χ0n) is 18.3. The lowest BCUT2D eigenvalue weighted by Gasteiger charge is -2.37. The molecule has 0 saturated carbocycles. The zero-order chi connectivity index (χ0) is 21.8. The molecule has 0 rings (SSSR count). The monoisotopic (exact) mass is 402 g/mol. The Kier molecular flexibility index (Phi) is 12.0. The summed E-state index contributed by atoms with van der Waals surface area (Å²) < 4.78 is 21.6. The quantitative estimate of drug-likeness (QED) is 0.199. The van der Waals surface area contributed by atoms with E-state index in [-0.39, 0.29) is 25.2 Å². The molecule has 0 aromatic carbocycles. The number of carbonyl (C=O) groups is 2. The standard InChI is InChI=1S/C20H38N2O6/c1-8-20(7,17(21)25-9-2)14-28-19(5,6)10-12-27-18(24)22-11-13-26-16(23)15(3)4/h17H,3,8-14,21H2,1-2,4-7H3,(H,22,24). The number of hydrogen-bond donors (Lipinski definition) is 2. The van der Waals surface area contributed by atoms with Crippen molar-refractivity contribution in [2.24, 2.45) is 11.1 Å². The second-order valence-corrected chi connectivity index (χ2v) is 7.66. The van der Waals surface area contributed by atoms with E-state index in [1.807, 2.05) is 27.7 Å². The Hall–Kier alpha value is -1.64. The first-order valence-corrected chi connectivity index (χ1v) is 9.72. The van der Waals surface area contributed by atoms with Crippen LogP contribution in [0, 0.1) is 5.41 Å². The first-order chi connectivity index (χ1) is 13.0. The molecule has 0 aliphatic carbocycles. The number of carbonyl (C=O) groups excluding carboxylic acids is 2. The molecule has 8 nitrogen and oxygen atoms in total. The van der Waals surface area contributed by atoms with Gasteiger partial charge >= 0.3 is 12.1 Å². The average molecular weight is 403 g/mol. The highest BCUT2D eigenvalue weighted by Crippen LogP contribution is 2.29. The van der Waals surface area contributed by atoms with Crippen LogP contribution in [0.1, 0.15) is 54.4 Å². The van der Waals surface area contributed by atoms with Gasteiger partial charge in [0.05, 0.1) is 25.4 Å². The summed E-state index contributed by atoms with van der Waals surface area (Å²) in [5, 5.41) is 2.52. The van der Waals surface area contributed by atoms with Crippen molar-refractivity contribution in [1.82, 2.24) is 5.32 Å². The molecule has 0 saturated heterocycles. The van der Waals surface area contributed by atoms with Crippen molar-refractivity contribution in [2.75, 3.05) is 33.0 Å². The molecule has 0 radical (unpaired) electrons. The van der Waals surface area contributed by atoms with Crippen molar-refractivity contribution < 1.29 is 28.5 Å². The predicted molar refractivity (Wildman–Crippen MR) is 108 cm³/mol. The maximum atomic E-state index is 11.7. The van der Waals surface area contributed by atoms with Crippen molar-refractivity contribution in [1.29, 1.82) is 0 Å². The van der Waals surface area contributed by atoms with E-state index >= 15 is 0 Å². The minimum atomic E-state index is -0.570. The molecular formula is C20H38N2O6. The van der Waals surface area contributed by atoms with Gasteiger partial charge in [0.2, 0.25) is 0 Å². The third-order valence-electron chi connectivity index (χ3n) is 4.52. The highest BCUT2D eigenvalue weighted by atomic mass is 16.6. The van der Waals surface area contributed by atoms with Gasteiger partial charge in [0.25, 0.3) is 0 Å². The number of amides is 1. The van der Waals surface area contributed by atoms with Gasteiger partial charge in [-0.3, -0.25) is 0 Å². The van der Waals surface area contributed by atoms with Crippen LogP contribution in [0.4, 0.5) is 4.79 Å². The van der Waals surface area contributed by atoms with Crippen molar-refractivity contribution in [3.63, 3.8) is 0 Å². The molecule has 0 aromatic heterocycles. The highest BCUT2D eigenvalue weighted by Gasteiger charge is 2.33. The van der Waals surface area contributed by atoms with Gasteiger partial charge < -0.3 is 30.0 Å². The number of hydrogen-bond acceptors (Lipinski definition) is 7. The van der Waals surface area contributed by atoms with E-state index in [9.17, 15) is 9.59 Å². The van der Waals surface area contributed by atoms with Gasteiger partial charge in [0.1, 0.15) is 12.8 Å². The number of alkyl carbamates (subject to hydrolysis) is 1. The van der Waals surface area contributed by atoms with Crippen LogP contribution in [0.3, 0.4) is 0 Å². The van der Waals surface area contributed by atoms with Gasteiger partial charge in [-0.15, -0.1) is 0 Å². The van der Waals surface area contributed by atoms with Crippen molar-refractivity contribution in [3.05, 3.63) is 12.2 Å². The third-order valence-corrected chi connectivity index (χ3v) is 4.52. The van der Waals surface area contributed by atoms with E-state index in [1.54, 1.807) is 6.92 Å². The van der Waals surface area contributed by atoms with E-state index in [1.165, 1.54) is 0 Å². The molecule has 3 N–H and O–H groups in total. The topological polar surface area (TPSA) is 109 Å². The van der Waals surface area contributed by atoms with Crippen molar-refractivity contribution in [2.45, 2.75) is 66.2 Å². The minimum Gasteiger partial charge on any atom is -0.460 e. The molecule has 2 unspecified atom stereocenters. The summed E-state index contributed by atoms with van der Waals surface area (Å²) in [6, 6.07) is 0. The Bertz CT molecular complexity index is 509. The summed E-state index contributed by atoms with van der Waals surface area (Å²) in [6.07, 6.45) is 0.367. The number of rotatable bonds is 14. The molecule has 0 bridgehead atoms. The summed E-state index contributed by atoms with van der Waals surface area (Å²) in [4.78, 5) is 22.9. The Balaban J connectivity index is 4.16. The van der Waals surface area contributed by atoms with E-state index < -0.39 is 23.9 Å². The molecule has 0 fully saturated rings. The normalized spacial score (nSPS) is 14.7. The van der Waals surface area contributed by atoms with Crippen LogP contribution in [-0.2, 0) is 23.7 Å². The molecule has 1 amide bonds. The second kappa shape index (κ2) is 12.7. The Morgan fingerprint density at radius 2 is 1.79 bits per heavy atom. The molecule has 0 aliphatic heterocycles. The molecular weight excluding hydrogens is 364 g/mol. The summed E-state index contributed by atoms with van der Waals surface area (Å²) in [6.45, 7) is 16.3. The number of esters is 1. The lowest BCUT2D eigenvalue weighted by molar-refractivity contribution is -0.138. The van der Waals surface area contributed by atoms with Crippen LogP contribution >= 0.6 is 0 Å². The van der Waals surface area contributed by atoms with Crippen molar-refractivity contribution in [3.8, 4) is 0 Å². The van der Waals surface area contributed by atoms with Crippen molar-refractivity contribution >= 4 is 12.1 Å². The van der Waals surface area contributed by atoms with Gasteiger partial charge in [-0.2, -0.15) is 0 Å². The highest BCUT2D eigenvalue weighted by molar-refractivity contribution is 5.86. The Morgan fingerprint density at radius 1 is 1.14 bits per heavy atom. The lowest BCUT2D eigenvalue weighted by atomic mass is 9.86. The summed E-state index contributed by atoms with van der Waals surface area (Å²) in [5.41, 5.74) is 5.65. The molecule has 0 aliphatic rings. The van der Waals surface area contributed by atoms with Crippen LogP contribution in [0.15, 0.2) is 12.2 Å². The van der Waals surface area contributed by atoms with E-state index in [4.69, 9.17) is 24.7 Å². The fourth-order valence-electron chi connectivity index (χ4n) is 2.06. The van der Waals surface area contributed by atoms with Gasteiger partial charge in [-0.05, 0) is 34.1 Å². The average Bonchev–Trinajstić information content (AvgIpc) is 2.63. The van der Waals surface area contributed by atoms with Gasteiger partial charge in [-0.1, -0.05) is 20.4 Å². The van der Waals surface area contributed by atoms with Gasteiger partial charge in [0.15, 0.2) is 0 Å². The molecule has 8 heteroatoms. The largest absolute Gasteiger partial charge is 0.460 e. The summed E-state index contributed by atoms with van der Waals surface area (Å²) in [7, 11) is 0. The molecule has 164 valence electrons. The fourth-order valence-corrected chi connectivity index (χ4v) is 2.06. The number of nitrogens with one attached hydrogen (secondary N) is 1. The van der Waals surface area contributed by atoms with Crippen LogP contribution in [0.2, 0.25) is 0 Å². The molecule has 2 atom stereocenters. The van der Waals surface area contributed by atoms with Crippen LogP contribution < -0.4 is 11.1 Å². The summed E-state index contributed by atoms with van der Waals surface area (Å²) >= 11 is 0. The van der Waals surface area contributed by atoms with E-state index in [0.717, 1.165) is 6.42 Å². The number of ether oxygens (including phenoxy) is 4. The van der Waals surface area contributed by atoms with Crippen LogP contribution in [0.25, 0.3) is 0 Å². The van der Waals surface area contributed by atoms with Crippen LogP contribution in [-0.4, -0.2) is 56.9 Å². The van der Waals surface area contributed by atoms with E-state index in [0.29, 0.717) is 25.2 Å². The molecule has 28 heavy (non-hydrogen) atoms. The minimum absolute atomic E-state index is 0.0606. The van der Waals surface area contributed by atoms with Gasteiger partial charge in [0, 0.05) is 24.0 Å². The molecule has 0 heterocycles. The first-order valence-electron chi connectivity index (χ1n) is 9.72. The van der Waals surface area contributed by atoms with E-state index in [2.05, 4.69) is 18.8 Å². The Morgan fingerprint density at radius 3 is 2.32 bits per heavy atom. The first kappa shape index (κ1) is 26.4. The second-order valence-electron chi connectivity index (χ2n) is 7.66. The number of nitrogens with two attached hydrogens (primary N) is 1. The third kappa shape index (κ3) is 10.6. The lowest BCUT2D eigenvalue weighted by Crippen LogP contribution is -2.46. The SMILES string of the molecule is C=C(C)C(=O)OCCNC(=O)OCCC(C)(C)OCC(C)(CC)C(N)OCC. The van der Waals surface area contributed by atoms with Crippen LogP contribution in [0.5, 0.6) is 0 Å². The Labute approximate surface area is 169 Å². The predicted octanol–water partition coefficient (Wildman–Crippen LogP) is 2.75. The maximum Gasteiger partial charge on any atom is 0.407 e. The van der Waals surface area contributed by atoms with Gasteiger partial charge in [-0.25, -0.2) is 9.59 Å². The fraction of sp³-hybridized carbons (Fsp3) is 0.800. The smallest absolute Gasteiger partial charge is 0.407 e. The maximum absolute atomic E-state index is 11.7. The summed E-state index contributed by atoms with van der Waals surface area (Å²) in [5.74, 6) is -0.489.